The predicted molar refractivity (Wildman–Crippen MR) is 79.7 cm³/mol. The summed E-state index contributed by atoms with van der Waals surface area (Å²) < 4.78 is 0.605. The van der Waals surface area contributed by atoms with Gasteiger partial charge in [-0.05, 0) is 38.0 Å². The number of nitrogens with two attached hydrogens (primary N) is 1. The molecule has 5 nitrogen and oxygen atoms in total. The van der Waals surface area contributed by atoms with E-state index in [9.17, 15) is 9.59 Å². The smallest absolute Gasteiger partial charge is 0.335 e. The van der Waals surface area contributed by atoms with Crippen LogP contribution in [0.2, 0.25) is 0 Å². The van der Waals surface area contributed by atoms with Crippen molar-refractivity contribution >= 4 is 33.5 Å². The topological polar surface area (TPSA) is 92.4 Å². The third kappa shape index (κ3) is 2.86. The molecule has 2 rings (SSSR count). The summed E-state index contributed by atoms with van der Waals surface area (Å²) in [5, 5.41) is 11.8. The summed E-state index contributed by atoms with van der Waals surface area (Å²) in [5.74, 6) is -1.19. The summed E-state index contributed by atoms with van der Waals surface area (Å²) in [6.07, 6.45) is 2.52. The van der Waals surface area contributed by atoms with Gasteiger partial charge < -0.3 is 16.2 Å². The van der Waals surface area contributed by atoms with Gasteiger partial charge in [-0.3, -0.25) is 4.79 Å². The highest BCUT2D eigenvalue weighted by Crippen LogP contribution is 2.37. The van der Waals surface area contributed by atoms with Gasteiger partial charge in [0, 0.05) is 16.2 Å². The number of hydrogen-bond acceptors (Lipinski definition) is 3. The number of amides is 1. The summed E-state index contributed by atoms with van der Waals surface area (Å²) in [4.78, 5) is 23.4. The van der Waals surface area contributed by atoms with Crippen LogP contribution in [0.25, 0.3) is 0 Å². The molecule has 20 heavy (non-hydrogen) atoms. The lowest BCUT2D eigenvalue weighted by Crippen LogP contribution is -2.44. The van der Waals surface area contributed by atoms with Crippen molar-refractivity contribution in [3.8, 4) is 0 Å². The van der Waals surface area contributed by atoms with Gasteiger partial charge in [0.15, 0.2) is 0 Å². The third-order valence-electron chi connectivity index (χ3n) is 3.95. The fourth-order valence-electron chi connectivity index (χ4n) is 2.53. The average Bonchev–Trinajstić information content (AvgIpc) is 2.70. The molecule has 0 radical (unpaired) electrons. The van der Waals surface area contributed by atoms with E-state index in [4.69, 9.17) is 10.8 Å². The Bertz CT molecular complexity index is 561. The molecule has 0 saturated heterocycles. The minimum atomic E-state index is -1.04. The molecule has 108 valence electrons. The van der Waals surface area contributed by atoms with E-state index in [1.165, 1.54) is 12.1 Å². The highest BCUT2D eigenvalue weighted by molar-refractivity contribution is 9.10. The lowest BCUT2D eigenvalue weighted by molar-refractivity contribution is -0.125. The van der Waals surface area contributed by atoms with Crippen LogP contribution in [-0.2, 0) is 4.79 Å². The van der Waals surface area contributed by atoms with Crippen LogP contribution in [0, 0.1) is 5.41 Å². The number of nitrogens with one attached hydrogen (secondary N) is 1. The average molecular weight is 341 g/mol. The fraction of sp³-hybridized carbons (Fsp3) is 0.429. The molecule has 1 fully saturated rings. The summed E-state index contributed by atoms with van der Waals surface area (Å²) in [7, 11) is 0. The fourth-order valence-corrected chi connectivity index (χ4v) is 3.03. The van der Waals surface area contributed by atoms with Crippen LogP contribution < -0.4 is 11.1 Å². The third-order valence-corrected chi connectivity index (χ3v) is 4.41. The number of hydrogen-bond donors (Lipinski definition) is 3. The van der Waals surface area contributed by atoms with E-state index < -0.39 is 11.4 Å². The second-order valence-corrected chi connectivity index (χ2v) is 6.32. The van der Waals surface area contributed by atoms with E-state index in [2.05, 4.69) is 21.2 Å². The van der Waals surface area contributed by atoms with Crippen molar-refractivity contribution in [3.05, 3.63) is 28.2 Å². The lowest BCUT2D eigenvalue weighted by atomic mass is 9.84. The largest absolute Gasteiger partial charge is 0.478 e. The molecule has 1 saturated carbocycles. The van der Waals surface area contributed by atoms with Gasteiger partial charge in [-0.25, -0.2) is 4.79 Å². The zero-order chi connectivity index (χ0) is 14.9. The molecule has 1 aromatic rings. The molecule has 2 unspecified atom stereocenters. The van der Waals surface area contributed by atoms with Crippen molar-refractivity contribution < 1.29 is 14.7 Å². The zero-order valence-corrected chi connectivity index (χ0v) is 12.7. The Kier molecular flexibility index (Phi) is 4.15. The van der Waals surface area contributed by atoms with E-state index >= 15 is 0 Å². The molecule has 0 bridgehead atoms. The van der Waals surface area contributed by atoms with E-state index in [1.807, 2.05) is 6.92 Å². The van der Waals surface area contributed by atoms with Crippen LogP contribution in [0.5, 0.6) is 0 Å². The molecular formula is C14H17BrN2O3. The van der Waals surface area contributed by atoms with Crippen molar-refractivity contribution in [2.24, 2.45) is 11.1 Å². The maximum Gasteiger partial charge on any atom is 0.335 e. The second-order valence-electron chi connectivity index (χ2n) is 5.40. The van der Waals surface area contributed by atoms with Gasteiger partial charge in [0.2, 0.25) is 5.91 Å². The highest BCUT2D eigenvalue weighted by Gasteiger charge is 2.42. The maximum atomic E-state index is 12.4. The van der Waals surface area contributed by atoms with Gasteiger partial charge in [0.1, 0.15) is 0 Å². The number of aromatic carboxylic acids is 1. The number of benzene rings is 1. The minimum absolute atomic E-state index is 0.121. The van der Waals surface area contributed by atoms with Crippen LogP contribution in [0.3, 0.4) is 0 Å². The van der Waals surface area contributed by atoms with Crippen molar-refractivity contribution in [3.63, 3.8) is 0 Å². The van der Waals surface area contributed by atoms with E-state index in [-0.39, 0.29) is 17.5 Å². The first-order chi connectivity index (χ1) is 9.33. The van der Waals surface area contributed by atoms with Gasteiger partial charge >= 0.3 is 5.97 Å². The minimum Gasteiger partial charge on any atom is -0.478 e. The van der Waals surface area contributed by atoms with E-state index in [0.29, 0.717) is 10.2 Å². The molecule has 0 aliphatic heterocycles. The number of anilines is 1. The second kappa shape index (κ2) is 5.54. The number of carboxylic acids is 1. The number of carboxylic acid groups (broad SMARTS) is 1. The summed E-state index contributed by atoms with van der Waals surface area (Å²) >= 11 is 3.24. The van der Waals surface area contributed by atoms with Gasteiger partial charge in [-0.1, -0.05) is 22.4 Å². The molecule has 1 aliphatic rings. The molecule has 6 heteroatoms. The van der Waals surface area contributed by atoms with E-state index in [1.54, 1.807) is 6.07 Å². The molecule has 0 heterocycles. The summed E-state index contributed by atoms with van der Waals surface area (Å²) in [6, 6.07) is 4.44. The Morgan fingerprint density at radius 2 is 2.15 bits per heavy atom. The van der Waals surface area contributed by atoms with Crippen molar-refractivity contribution in [1.29, 1.82) is 0 Å². The first-order valence-electron chi connectivity index (χ1n) is 6.44. The van der Waals surface area contributed by atoms with Crippen molar-refractivity contribution in [2.45, 2.75) is 32.2 Å². The van der Waals surface area contributed by atoms with Gasteiger partial charge in [-0.15, -0.1) is 0 Å². The van der Waals surface area contributed by atoms with Gasteiger partial charge in [0.25, 0.3) is 0 Å². The lowest BCUT2D eigenvalue weighted by Gasteiger charge is -2.27. The Hall–Kier alpha value is -1.40. The first kappa shape index (κ1) is 15.0. The Morgan fingerprint density at radius 3 is 2.70 bits per heavy atom. The number of carbonyl (C=O) groups is 2. The molecule has 0 spiro atoms. The molecule has 1 aromatic carbocycles. The van der Waals surface area contributed by atoms with Crippen LogP contribution in [0.15, 0.2) is 22.7 Å². The van der Waals surface area contributed by atoms with Crippen LogP contribution in [-0.4, -0.2) is 23.0 Å². The van der Waals surface area contributed by atoms with Gasteiger partial charge in [0.05, 0.1) is 11.0 Å². The monoisotopic (exact) mass is 340 g/mol. The maximum absolute atomic E-state index is 12.4. The molecule has 2 atom stereocenters. The molecular weight excluding hydrogens is 324 g/mol. The van der Waals surface area contributed by atoms with Crippen LogP contribution in [0.4, 0.5) is 5.69 Å². The summed E-state index contributed by atoms with van der Waals surface area (Å²) in [6.45, 7) is 1.86. The van der Waals surface area contributed by atoms with Crippen molar-refractivity contribution in [1.82, 2.24) is 0 Å². The molecule has 0 aromatic heterocycles. The molecule has 4 N–H and O–H groups in total. The zero-order valence-electron chi connectivity index (χ0n) is 11.1. The number of carbonyl (C=O) groups excluding carboxylic acids is 1. The predicted octanol–water partition coefficient (Wildman–Crippen LogP) is 2.60. The Labute approximate surface area is 125 Å². The van der Waals surface area contributed by atoms with Crippen LogP contribution in [0.1, 0.15) is 36.5 Å². The normalized spacial score (nSPS) is 25.4. The number of halogens is 1. The van der Waals surface area contributed by atoms with Crippen LogP contribution >= 0.6 is 15.9 Å². The molecule has 1 amide bonds. The highest BCUT2D eigenvalue weighted by atomic mass is 79.9. The number of rotatable bonds is 3. The van der Waals surface area contributed by atoms with Crippen molar-refractivity contribution in [2.75, 3.05) is 5.32 Å². The quantitative estimate of drug-likeness (QED) is 0.788. The Balaban J connectivity index is 2.22. The first-order valence-corrected chi connectivity index (χ1v) is 7.23. The Morgan fingerprint density at radius 1 is 1.45 bits per heavy atom. The van der Waals surface area contributed by atoms with Gasteiger partial charge in [-0.2, -0.15) is 0 Å². The molecule has 1 aliphatic carbocycles. The standard InChI is InChI=1S/C14H17BrN2O3/c1-14(4-2-3-11(14)16)13(20)17-10-6-8(12(18)19)5-9(15)7-10/h5-7,11H,2-4,16H2,1H3,(H,17,20)(H,18,19). The summed E-state index contributed by atoms with van der Waals surface area (Å²) in [5.41, 5.74) is 6.00. The van der Waals surface area contributed by atoms with E-state index in [0.717, 1.165) is 19.3 Å². The SMILES string of the molecule is CC1(C(=O)Nc2cc(Br)cc(C(=O)O)c2)CCCC1N.